The molecule has 1 N–H and O–H groups in total. The van der Waals surface area contributed by atoms with E-state index in [0.29, 0.717) is 19.6 Å². The van der Waals surface area contributed by atoms with Gasteiger partial charge in [-0.3, -0.25) is 14.5 Å². The molecule has 0 saturated carbocycles. The summed E-state index contributed by atoms with van der Waals surface area (Å²) < 4.78 is 10.2. The highest BCUT2D eigenvalue weighted by Crippen LogP contribution is 2.14. The van der Waals surface area contributed by atoms with Gasteiger partial charge in [0.1, 0.15) is 0 Å². The van der Waals surface area contributed by atoms with Crippen LogP contribution in [0.15, 0.2) is 0 Å². The normalized spacial score (nSPS) is 20.5. The summed E-state index contributed by atoms with van der Waals surface area (Å²) in [5.41, 5.74) is 0. The fourth-order valence-electron chi connectivity index (χ4n) is 2.15. The van der Waals surface area contributed by atoms with Crippen molar-refractivity contribution in [2.24, 2.45) is 5.92 Å². The Morgan fingerprint density at radius 3 is 2.79 bits per heavy atom. The van der Waals surface area contributed by atoms with Crippen LogP contribution < -0.4 is 0 Å². The summed E-state index contributed by atoms with van der Waals surface area (Å²) in [7, 11) is 1.35. The Morgan fingerprint density at radius 1 is 1.53 bits per heavy atom. The molecule has 0 aliphatic carbocycles. The topological polar surface area (TPSA) is 76.1 Å². The Morgan fingerprint density at radius 2 is 2.26 bits per heavy atom. The molecule has 1 rings (SSSR count). The number of nitrogens with zero attached hydrogens (tertiary/aromatic N) is 1. The first-order chi connectivity index (χ1) is 9.02. The molecule has 0 radical (unpaired) electrons. The number of carboxylic acid groups (broad SMARTS) is 1. The van der Waals surface area contributed by atoms with Gasteiger partial charge in [0, 0.05) is 26.2 Å². The lowest BCUT2D eigenvalue weighted by Crippen LogP contribution is -2.38. The molecule has 1 fully saturated rings. The molecule has 2 unspecified atom stereocenters. The number of ether oxygens (including phenoxy) is 2. The van der Waals surface area contributed by atoms with Crippen molar-refractivity contribution in [1.82, 2.24) is 4.90 Å². The average molecular weight is 273 g/mol. The number of carbonyl (C=O) groups is 2. The van der Waals surface area contributed by atoms with Crippen LogP contribution in [0.2, 0.25) is 0 Å². The largest absolute Gasteiger partial charge is 0.481 e. The van der Waals surface area contributed by atoms with Crippen molar-refractivity contribution in [3.05, 3.63) is 0 Å². The van der Waals surface area contributed by atoms with Crippen molar-refractivity contribution in [1.29, 1.82) is 0 Å². The number of rotatable bonds is 8. The molecule has 0 amide bonds. The minimum Gasteiger partial charge on any atom is -0.481 e. The summed E-state index contributed by atoms with van der Waals surface area (Å²) in [6.45, 7) is 4.04. The van der Waals surface area contributed by atoms with E-state index in [2.05, 4.69) is 4.74 Å². The minimum atomic E-state index is -0.824. The van der Waals surface area contributed by atoms with E-state index in [0.717, 1.165) is 19.4 Å². The second-order valence-corrected chi connectivity index (χ2v) is 4.96. The highest BCUT2D eigenvalue weighted by molar-refractivity contribution is 5.70. The fraction of sp³-hybridized carbons (Fsp3) is 0.846. The van der Waals surface area contributed by atoms with Crippen LogP contribution in [0.4, 0.5) is 0 Å². The smallest absolute Gasteiger partial charge is 0.307 e. The molecule has 0 spiro atoms. The maximum absolute atomic E-state index is 11.2. The number of hydrogen-bond donors (Lipinski definition) is 1. The van der Waals surface area contributed by atoms with Gasteiger partial charge in [-0.2, -0.15) is 0 Å². The standard InChI is InChI=1S/C13H23NO5/c1-10(13(16)17)8-14(6-5-12(15)18-2)9-11-4-3-7-19-11/h10-11H,3-9H2,1-2H3,(H,16,17). The highest BCUT2D eigenvalue weighted by atomic mass is 16.5. The molecule has 1 aliphatic heterocycles. The summed E-state index contributed by atoms with van der Waals surface area (Å²) in [6, 6.07) is 0. The van der Waals surface area contributed by atoms with Crippen molar-refractivity contribution in [2.45, 2.75) is 32.3 Å². The maximum Gasteiger partial charge on any atom is 0.307 e. The first kappa shape index (κ1) is 15.9. The van der Waals surface area contributed by atoms with Gasteiger partial charge in [0.15, 0.2) is 0 Å². The maximum atomic E-state index is 11.2. The molecular weight excluding hydrogens is 250 g/mol. The van der Waals surface area contributed by atoms with Gasteiger partial charge < -0.3 is 14.6 Å². The van der Waals surface area contributed by atoms with Crippen LogP contribution in [0.3, 0.4) is 0 Å². The zero-order valence-corrected chi connectivity index (χ0v) is 11.6. The van der Waals surface area contributed by atoms with Crippen molar-refractivity contribution in [2.75, 3.05) is 33.4 Å². The van der Waals surface area contributed by atoms with Crippen LogP contribution in [0, 0.1) is 5.92 Å². The second kappa shape index (κ2) is 8.12. The Balaban J connectivity index is 2.45. The van der Waals surface area contributed by atoms with Crippen LogP contribution in [0.1, 0.15) is 26.2 Å². The third-order valence-corrected chi connectivity index (χ3v) is 3.30. The molecule has 0 aromatic rings. The van der Waals surface area contributed by atoms with Gasteiger partial charge >= 0.3 is 11.9 Å². The molecule has 1 aliphatic rings. The van der Waals surface area contributed by atoms with Gasteiger partial charge in [-0.15, -0.1) is 0 Å². The molecule has 0 aromatic carbocycles. The Kier molecular flexibility index (Phi) is 6.80. The zero-order valence-electron chi connectivity index (χ0n) is 11.6. The third kappa shape index (κ3) is 6.02. The minimum absolute atomic E-state index is 0.152. The van der Waals surface area contributed by atoms with Gasteiger partial charge in [0.25, 0.3) is 0 Å². The quantitative estimate of drug-likeness (QED) is 0.658. The van der Waals surface area contributed by atoms with E-state index >= 15 is 0 Å². The predicted octanol–water partition coefficient (Wildman–Crippen LogP) is 0.751. The van der Waals surface area contributed by atoms with E-state index < -0.39 is 11.9 Å². The summed E-state index contributed by atoms with van der Waals surface area (Å²) in [6.07, 6.45) is 2.47. The lowest BCUT2D eigenvalue weighted by Gasteiger charge is -2.26. The van der Waals surface area contributed by atoms with Gasteiger partial charge in [-0.1, -0.05) is 6.92 Å². The van der Waals surface area contributed by atoms with Crippen molar-refractivity contribution in [3.8, 4) is 0 Å². The van der Waals surface area contributed by atoms with Gasteiger partial charge in [-0.25, -0.2) is 0 Å². The number of aliphatic carboxylic acids is 1. The van der Waals surface area contributed by atoms with Crippen LogP contribution in [0.25, 0.3) is 0 Å². The lowest BCUT2D eigenvalue weighted by molar-refractivity contribution is -0.142. The molecule has 6 heteroatoms. The van der Waals surface area contributed by atoms with E-state index in [4.69, 9.17) is 9.84 Å². The Labute approximate surface area is 113 Å². The van der Waals surface area contributed by atoms with Gasteiger partial charge in [-0.05, 0) is 12.8 Å². The molecule has 1 saturated heterocycles. The molecule has 1 heterocycles. The first-order valence-corrected chi connectivity index (χ1v) is 6.66. The summed E-state index contributed by atoms with van der Waals surface area (Å²) in [5.74, 6) is -1.56. The number of carbonyl (C=O) groups excluding carboxylic acids is 1. The van der Waals surface area contributed by atoms with E-state index in [1.54, 1.807) is 6.92 Å². The Hall–Kier alpha value is -1.14. The number of hydrogen-bond acceptors (Lipinski definition) is 5. The van der Waals surface area contributed by atoms with Crippen molar-refractivity contribution < 1.29 is 24.2 Å². The summed E-state index contributed by atoms with van der Waals surface area (Å²) >= 11 is 0. The fourth-order valence-corrected chi connectivity index (χ4v) is 2.15. The zero-order chi connectivity index (χ0) is 14.3. The van der Waals surface area contributed by atoms with E-state index in [9.17, 15) is 9.59 Å². The monoisotopic (exact) mass is 273 g/mol. The van der Waals surface area contributed by atoms with E-state index in [1.807, 2.05) is 4.90 Å². The highest BCUT2D eigenvalue weighted by Gasteiger charge is 2.22. The lowest BCUT2D eigenvalue weighted by atomic mass is 10.1. The summed E-state index contributed by atoms with van der Waals surface area (Å²) in [4.78, 5) is 24.1. The number of methoxy groups -OCH3 is 1. The Bertz CT molecular complexity index is 301. The predicted molar refractivity (Wildman–Crippen MR) is 68.8 cm³/mol. The number of carboxylic acids is 1. The summed E-state index contributed by atoms with van der Waals surface area (Å²) in [5, 5.41) is 8.97. The molecule has 2 atom stereocenters. The number of esters is 1. The molecule has 0 aromatic heterocycles. The second-order valence-electron chi connectivity index (χ2n) is 4.96. The van der Waals surface area contributed by atoms with Gasteiger partial charge in [0.05, 0.1) is 25.6 Å². The third-order valence-electron chi connectivity index (χ3n) is 3.30. The van der Waals surface area contributed by atoms with E-state index in [-0.39, 0.29) is 18.5 Å². The van der Waals surface area contributed by atoms with Crippen LogP contribution in [-0.4, -0.2) is 61.4 Å². The van der Waals surface area contributed by atoms with E-state index in [1.165, 1.54) is 7.11 Å². The average Bonchev–Trinajstić information content (AvgIpc) is 2.88. The van der Waals surface area contributed by atoms with Crippen molar-refractivity contribution in [3.63, 3.8) is 0 Å². The molecule has 0 bridgehead atoms. The molecular formula is C13H23NO5. The molecule has 6 nitrogen and oxygen atoms in total. The van der Waals surface area contributed by atoms with Crippen LogP contribution in [-0.2, 0) is 19.1 Å². The molecule has 110 valence electrons. The van der Waals surface area contributed by atoms with Crippen LogP contribution in [0.5, 0.6) is 0 Å². The van der Waals surface area contributed by atoms with Crippen LogP contribution >= 0.6 is 0 Å². The SMILES string of the molecule is COC(=O)CCN(CC1CCCO1)CC(C)C(=O)O. The molecule has 19 heavy (non-hydrogen) atoms. The van der Waals surface area contributed by atoms with Crippen molar-refractivity contribution >= 4 is 11.9 Å². The first-order valence-electron chi connectivity index (χ1n) is 6.66. The van der Waals surface area contributed by atoms with Gasteiger partial charge in [0.2, 0.25) is 0 Å².